The number of rotatable bonds is 4. The van der Waals surface area contributed by atoms with Gasteiger partial charge in [-0.25, -0.2) is 0 Å². The molecule has 0 spiro atoms. The molecule has 3 heterocycles. The van der Waals surface area contributed by atoms with Crippen LogP contribution < -0.4 is 0 Å². The Hall–Kier alpha value is -1.68. The zero-order valence-electron chi connectivity index (χ0n) is 13.2. The smallest absolute Gasteiger partial charge is 0.166 e. The topological polar surface area (TPSA) is 38.1 Å². The minimum atomic E-state index is 0.521. The minimum Gasteiger partial charge on any atom is -0.337 e. The van der Waals surface area contributed by atoms with Crippen molar-refractivity contribution in [1.29, 1.82) is 0 Å². The van der Waals surface area contributed by atoms with Crippen LogP contribution in [0.15, 0.2) is 18.3 Å². The van der Waals surface area contributed by atoms with E-state index >= 15 is 0 Å². The lowest BCUT2D eigenvalue weighted by Crippen LogP contribution is -2.29. The summed E-state index contributed by atoms with van der Waals surface area (Å²) in [7, 11) is 2.19. The molecule has 0 unspecified atom stereocenters. The normalized spacial score (nSPS) is 20.6. The highest BCUT2D eigenvalue weighted by molar-refractivity contribution is 5.90. The first kappa shape index (κ1) is 13.9. The molecule has 1 saturated carbocycles. The summed E-state index contributed by atoms with van der Waals surface area (Å²) in [4.78, 5) is 18.6. The molecule has 4 nitrogen and oxygen atoms in total. The Kier molecular flexibility index (Phi) is 3.49. The molecule has 2 aliphatic rings. The van der Waals surface area contributed by atoms with Crippen molar-refractivity contribution in [3.05, 3.63) is 29.7 Å². The van der Waals surface area contributed by atoms with E-state index in [0.717, 1.165) is 50.4 Å². The highest BCUT2D eigenvalue weighted by atomic mass is 16.1. The lowest BCUT2D eigenvalue weighted by atomic mass is 9.92. The van der Waals surface area contributed by atoms with Gasteiger partial charge in [-0.1, -0.05) is 0 Å². The van der Waals surface area contributed by atoms with Crippen molar-refractivity contribution in [1.82, 2.24) is 14.5 Å². The highest BCUT2D eigenvalue weighted by Crippen LogP contribution is 2.36. The summed E-state index contributed by atoms with van der Waals surface area (Å²) >= 11 is 0. The molecule has 2 fully saturated rings. The maximum Gasteiger partial charge on any atom is 0.166 e. The number of pyridine rings is 1. The lowest BCUT2D eigenvalue weighted by molar-refractivity contribution is 0.111. The van der Waals surface area contributed by atoms with Gasteiger partial charge in [0.1, 0.15) is 0 Å². The van der Waals surface area contributed by atoms with E-state index in [0.29, 0.717) is 5.92 Å². The molecule has 1 aliphatic carbocycles. The number of likely N-dealkylation sites (tertiary alicyclic amines) is 1. The third-order valence-electron chi connectivity index (χ3n) is 5.23. The van der Waals surface area contributed by atoms with Crippen LogP contribution in [0.4, 0.5) is 0 Å². The van der Waals surface area contributed by atoms with Crippen LogP contribution in [0.5, 0.6) is 0 Å². The summed E-state index contributed by atoms with van der Waals surface area (Å²) in [6.45, 7) is 3.24. The van der Waals surface area contributed by atoms with Crippen molar-refractivity contribution in [2.75, 3.05) is 20.1 Å². The number of carbonyl (C=O) groups excluding carboxylic acids is 1. The van der Waals surface area contributed by atoms with Gasteiger partial charge < -0.3 is 9.47 Å². The zero-order chi connectivity index (χ0) is 15.1. The van der Waals surface area contributed by atoms with E-state index < -0.39 is 0 Å². The second-order valence-corrected chi connectivity index (χ2v) is 6.95. The standard InChI is InChI=1S/C18H23N3O/c1-20-8-5-14(6-9-20)17-18-15(4-7-19-17)10-16(12-22)21(18)11-13-2-3-13/h4,7,10,12-14H,2-3,5-6,8-9,11H2,1H3. The number of fused-ring (bicyclic) bond motifs is 1. The fraction of sp³-hybridized carbons (Fsp3) is 0.556. The van der Waals surface area contributed by atoms with E-state index in [1.54, 1.807) is 0 Å². The van der Waals surface area contributed by atoms with E-state index in [1.807, 2.05) is 18.3 Å². The Morgan fingerprint density at radius 3 is 2.73 bits per heavy atom. The molecule has 2 aromatic heterocycles. The van der Waals surface area contributed by atoms with E-state index in [4.69, 9.17) is 4.98 Å². The Labute approximate surface area is 131 Å². The van der Waals surface area contributed by atoms with Crippen LogP contribution in [0.25, 0.3) is 10.9 Å². The van der Waals surface area contributed by atoms with Gasteiger partial charge in [-0.05, 0) is 63.9 Å². The molecule has 0 atom stereocenters. The zero-order valence-corrected chi connectivity index (χ0v) is 13.2. The van der Waals surface area contributed by atoms with Gasteiger partial charge >= 0.3 is 0 Å². The molecule has 0 bridgehead atoms. The number of piperidine rings is 1. The first-order chi connectivity index (χ1) is 10.8. The van der Waals surface area contributed by atoms with E-state index in [2.05, 4.69) is 16.5 Å². The number of aldehydes is 1. The molecule has 0 aromatic carbocycles. The monoisotopic (exact) mass is 297 g/mol. The van der Waals surface area contributed by atoms with Crippen LogP contribution in [-0.4, -0.2) is 40.9 Å². The largest absolute Gasteiger partial charge is 0.337 e. The second kappa shape index (κ2) is 5.51. The van der Waals surface area contributed by atoms with Gasteiger partial charge in [0.15, 0.2) is 6.29 Å². The van der Waals surface area contributed by atoms with Crippen molar-refractivity contribution < 1.29 is 4.79 Å². The molecule has 0 N–H and O–H groups in total. The van der Waals surface area contributed by atoms with E-state index in [1.165, 1.54) is 29.4 Å². The van der Waals surface area contributed by atoms with Crippen molar-refractivity contribution in [3.8, 4) is 0 Å². The maximum atomic E-state index is 11.5. The third-order valence-corrected chi connectivity index (χ3v) is 5.23. The van der Waals surface area contributed by atoms with Crippen LogP contribution in [0.3, 0.4) is 0 Å². The van der Waals surface area contributed by atoms with Crippen LogP contribution in [0.2, 0.25) is 0 Å². The summed E-state index contributed by atoms with van der Waals surface area (Å²) in [5.74, 6) is 1.27. The summed E-state index contributed by atoms with van der Waals surface area (Å²) < 4.78 is 2.24. The molecule has 22 heavy (non-hydrogen) atoms. The molecule has 1 saturated heterocycles. The fourth-order valence-electron chi connectivity index (χ4n) is 3.70. The molecule has 0 radical (unpaired) electrons. The van der Waals surface area contributed by atoms with Crippen molar-refractivity contribution >= 4 is 17.2 Å². The number of hydrogen-bond acceptors (Lipinski definition) is 3. The fourth-order valence-corrected chi connectivity index (χ4v) is 3.70. The number of aromatic nitrogens is 2. The van der Waals surface area contributed by atoms with Gasteiger partial charge in [0, 0.05) is 24.0 Å². The van der Waals surface area contributed by atoms with Gasteiger partial charge in [0.2, 0.25) is 0 Å². The van der Waals surface area contributed by atoms with Crippen LogP contribution >= 0.6 is 0 Å². The Balaban J connectivity index is 1.79. The van der Waals surface area contributed by atoms with Crippen molar-refractivity contribution in [3.63, 3.8) is 0 Å². The van der Waals surface area contributed by atoms with Gasteiger partial charge in [-0.15, -0.1) is 0 Å². The average Bonchev–Trinajstić information content (AvgIpc) is 3.28. The van der Waals surface area contributed by atoms with Crippen molar-refractivity contribution in [2.24, 2.45) is 5.92 Å². The van der Waals surface area contributed by atoms with Crippen LogP contribution in [0, 0.1) is 5.92 Å². The molecular formula is C18H23N3O. The number of nitrogens with zero attached hydrogens (tertiary/aromatic N) is 3. The van der Waals surface area contributed by atoms with Crippen molar-refractivity contribution in [2.45, 2.75) is 38.1 Å². The number of carbonyl (C=O) groups is 1. The lowest BCUT2D eigenvalue weighted by Gasteiger charge is -2.29. The summed E-state index contributed by atoms with van der Waals surface area (Å²) in [5, 5.41) is 1.17. The van der Waals surface area contributed by atoms with Crippen LogP contribution in [-0.2, 0) is 6.54 Å². The van der Waals surface area contributed by atoms with Gasteiger partial charge in [0.05, 0.1) is 16.9 Å². The summed E-state index contributed by atoms with van der Waals surface area (Å²) in [6, 6.07) is 4.08. The van der Waals surface area contributed by atoms with Gasteiger partial charge in [0.25, 0.3) is 0 Å². The predicted octanol–water partition coefficient (Wildman–Crippen LogP) is 3.07. The molecule has 2 aromatic rings. The number of hydrogen-bond donors (Lipinski definition) is 0. The first-order valence-electron chi connectivity index (χ1n) is 8.38. The average molecular weight is 297 g/mol. The highest BCUT2D eigenvalue weighted by Gasteiger charge is 2.27. The third kappa shape index (κ3) is 2.45. The SMILES string of the molecule is CN1CCC(c2nccc3cc(C=O)n(CC4CC4)c23)CC1. The molecule has 1 aliphatic heterocycles. The summed E-state index contributed by atoms with van der Waals surface area (Å²) in [5.41, 5.74) is 3.23. The Morgan fingerprint density at radius 2 is 2.05 bits per heavy atom. The molecule has 0 amide bonds. The van der Waals surface area contributed by atoms with E-state index in [-0.39, 0.29) is 0 Å². The summed E-state index contributed by atoms with van der Waals surface area (Å²) in [6.07, 6.45) is 7.82. The quantitative estimate of drug-likeness (QED) is 0.814. The molecule has 4 rings (SSSR count). The molecular weight excluding hydrogens is 274 g/mol. The Bertz CT molecular complexity index is 694. The minimum absolute atomic E-state index is 0.521. The maximum absolute atomic E-state index is 11.5. The van der Waals surface area contributed by atoms with Gasteiger partial charge in [-0.3, -0.25) is 9.78 Å². The molecule has 4 heteroatoms. The van der Waals surface area contributed by atoms with Crippen LogP contribution in [0.1, 0.15) is 47.8 Å². The van der Waals surface area contributed by atoms with E-state index in [9.17, 15) is 4.79 Å². The first-order valence-corrected chi connectivity index (χ1v) is 8.38. The second-order valence-electron chi connectivity index (χ2n) is 6.95. The Morgan fingerprint density at radius 1 is 1.27 bits per heavy atom. The molecule has 116 valence electrons. The predicted molar refractivity (Wildman–Crippen MR) is 87.3 cm³/mol. The van der Waals surface area contributed by atoms with Gasteiger partial charge in [-0.2, -0.15) is 0 Å².